The van der Waals surface area contributed by atoms with Crippen molar-refractivity contribution in [3.8, 4) is 0 Å². The average molecular weight is 349 g/mol. The van der Waals surface area contributed by atoms with Crippen molar-refractivity contribution in [2.45, 2.75) is 20.0 Å². The lowest BCUT2D eigenvalue weighted by Crippen LogP contribution is -2.24. The van der Waals surface area contributed by atoms with Crippen molar-refractivity contribution in [1.82, 2.24) is 10.3 Å². The first-order valence-electron chi connectivity index (χ1n) is 8.39. The molecule has 3 rings (SSSR count). The third-order valence-electron chi connectivity index (χ3n) is 4.01. The van der Waals surface area contributed by atoms with Crippen molar-refractivity contribution < 1.29 is 9.18 Å². The summed E-state index contributed by atoms with van der Waals surface area (Å²) in [5.74, 6) is -0.679. The molecular weight excluding hydrogens is 329 g/mol. The second-order valence-corrected chi connectivity index (χ2v) is 6.04. The van der Waals surface area contributed by atoms with E-state index < -0.39 is 0 Å². The Morgan fingerprint density at radius 3 is 2.58 bits per heavy atom. The molecule has 0 fully saturated rings. The van der Waals surface area contributed by atoms with Gasteiger partial charge in [0, 0.05) is 30.5 Å². The predicted molar refractivity (Wildman–Crippen MR) is 100 cm³/mol. The van der Waals surface area contributed by atoms with Gasteiger partial charge < -0.3 is 10.6 Å². The van der Waals surface area contributed by atoms with Gasteiger partial charge in [-0.3, -0.25) is 9.78 Å². The molecule has 1 amide bonds. The number of aromatic nitrogens is 1. The molecule has 3 aromatic rings. The monoisotopic (exact) mass is 349 g/mol. The number of carbonyl (C=O) groups excluding carboxylic acids is 1. The van der Waals surface area contributed by atoms with Gasteiger partial charge in [0.2, 0.25) is 0 Å². The average Bonchev–Trinajstić information content (AvgIpc) is 2.67. The fraction of sp³-hybridized carbons (Fsp3) is 0.143. The quantitative estimate of drug-likeness (QED) is 0.705. The largest absolute Gasteiger partial charge is 0.381 e. The summed E-state index contributed by atoms with van der Waals surface area (Å²) in [5, 5.41) is 5.97. The number of hydrogen-bond donors (Lipinski definition) is 2. The highest BCUT2D eigenvalue weighted by Gasteiger charge is 2.09. The summed E-state index contributed by atoms with van der Waals surface area (Å²) in [6, 6.07) is 18.1. The van der Waals surface area contributed by atoms with Crippen molar-refractivity contribution in [1.29, 1.82) is 0 Å². The Bertz CT molecular complexity index is 894. The van der Waals surface area contributed by atoms with Crippen LogP contribution in [-0.4, -0.2) is 10.9 Å². The molecule has 0 radical (unpaired) electrons. The number of benzene rings is 2. The van der Waals surface area contributed by atoms with Gasteiger partial charge in [-0.15, -0.1) is 0 Å². The summed E-state index contributed by atoms with van der Waals surface area (Å²) in [7, 11) is 0. The Morgan fingerprint density at radius 1 is 1.04 bits per heavy atom. The summed E-state index contributed by atoms with van der Waals surface area (Å²) >= 11 is 0. The van der Waals surface area contributed by atoms with Gasteiger partial charge in [-0.1, -0.05) is 48.0 Å². The van der Waals surface area contributed by atoms with Crippen molar-refractivity contribution in [3.63, 3.8) is 0 Å². The summed E-state index contributed by atoms with van der Waals surface area (Å²) in [6.45, 7) is 2.82. The van der Waals surface area contributed by atoms with E-state index in [-0.39, 0.29) is 24.0 Å². The highest BCUT2D eigenvalue weighted by atomic mass is 19.1. The highest BCUT2D eigenvalue weighted by Crippen LogP contribution is 2.12. The first-order chi connectivity index (χ1) is 12.6. The smallest absolute Gasteiger partial charge is 0.270 e. The molecule has 0 bridgehead atoms. The van der Waals surface area contributed by atoms with E-state index in [1.165, 1.54) is 11.6 Å². The Balaban J connectivity index is 1.60. The lowest BCUT2D eigenvalue weighted by atomic mass is 10.1. The molecule has 1 aromatic heterocycles. The van der Waals surface area contributed by atoms with Gasteiger partial charge in [-0.2, -0.15) is 0 Å². The Morgan fingerprint density at radius 2 is 1.81 bits per heavy atom. The van der Waals surface area contributed by atoms with E-state index in [0.29, 0.717) is 12.1 Å². The number of nitrogens with one attached hydrogen (secondary N) is 2. The number of pyridine rings is 1. The molecule has 0 aliphatic rings. The number of aryl methyl sites for hydroxylation is 1. The van der Waals surface area contributed by atoms with Gasteiger partial charge >= 0.3 is 0 Å². The van der Waals surface area contributed by atoms with Gasteiger partial charge in [0.25, 0.3) is 5.91 Å². The third-order valence-corrected chi connectivity index (χ3v) is 4.01. The fourth-order valence-corrected chi connectivity index (χ4v) is 2.48. The van der Waals surface area contributed by atoms with Crippen molar-refractivity contribution in [3.05, 3.63) is 95.1 Å². The summed E-state index contributed by atoms with van der Waals surface area (Å²) < 4.78 is 13.6. The number of anilines is 1. The molecule has 0 unspecified atom stereocenters. The van der Waals surface area contributed by atoms with Crippen LogP contribution in [0.2, 0.25) is 0 Å². The molecule has 0 atom stereocenters. The van der Waals surface area contributed by atoms with Crippen LogP contribution in [0.25, 0.3) is 0 Å². The van der Waals surface area contributed by atoms with Gasteiger partial charge in [-0.25, -0.2) is 4.39 Å². The lowest BCUT2D eigenvalue weighted by molar-refractivity contribution is 0.0945. The standard InChI is InChI=1S/C21H20FN3O/c1-15-6-8-16(9-7-15)13-24-18-10-11-23-20(12-18)21(26)25-14-17-4-2-3-5-19(17)22/h2-12H,13-14H2,1H3,(H,23,24)(H,25,26). The van der Waals surface area contributed by atoms with Crippen LogP contribution in [0.4, 0.5) is 10.1 Å². The van der Waals surface area contributed by atoms with Gasteiger partial charge in [0.1, 0.15) is 11.5 Å². The molecule has 132 valence electrons. The molecule has 0 saturated carbocycles. The normalized spacial score (nSPS) is 10.4. The molecule has 26 heavy (non-hydrogen) atoms. The van der Waals surface area contributed by atoms with E-state index in [1.807, 2.05) is 13.0 Å². The minimum Gasteiger partial charge on any atom is -0.381 e. The van der Waals surface area contributed by atoms with Crippen LogP contribution < -0.4 is 10.6 Å². The fourth-order valence-electron chi connectivity index (χ4n) is 2.48. The SMILES string of the molecule is Cc1ccc(CNc2ccnc(C(=O)NCc3ccccc3F)c2)cc1. The number of hydrogen-bond acceptors (Lipinski definition) is 3. The van der Waals surface area contributed by atoms with E-state index in [0.717, 1.165) is 11.3 Å². The number of nitrogens with zero attached hydrogens (tertiary/aromatic N) is 1. The zero-order chi connectivity index (χ0) is 18.4. The number of carbonyl (C=O) groups is 1. The van der Waals surface area contributed by atoms with Gasteiger partial charge in [0.15, 0.2) is 0 Å². The molecule has 1 heterocycles. The zero-order valence-electron chi connectivity index (χ0n) is 14.5. The van der Waals surface area contributed by atoms with Crippen LogP contribution in [0, 0.1) is 12.7 Å². The second-order valence-electron chi connectivity index (χ2n) is 6.04. The highest BCUT2D eigenvalue weighted by molar-refractivity contribution is 5.93. The first kappa shape index (κ1) is 17.6. The van der Waals surface area contributed by atoms with E-state index in [9.17, 15) is 9.18 Å². The van der Waals surface area contributed by atoms with E-state index >= 15 is 0 Å². The van der Waals surface area contributed by atoms with E-state index in [1.54, 1.807) is 30.5 Å². The molecule has 0 aliphatic heterocycles. The van der Waals surface area contributed by atoms with Crippen LogP contribution in [0.3, 0.4) is 0 Å². The summed E-state index contributed by atoms with van der Waals surface area (Å²) in [4.78, 5) is 16.4. The lowest BCUT2D eigenvalue weighted by Gasteiger charge is -2.09. The van der Waals surface area contributed by atoms with E-state index in [4.69, 9.17) is 0 Å². The maximum Gasteiger partial charge on any atom is 0.270 e. The van der Waals surface area contributed by atoms with Crippen LogP contribution >= 0.6 is 0 Å². The summed E-state index contributed by atoms with van der Waals surface area (Å²) in [6.07, 6.45) is 1.58. The summed E-state index contributed by atoms with van der Waals surface area (Å²) in [5.41, 5.74) is 3.89. The molecule has 5 heteroatoms. The van der Waals surface area contributed by atoms with E-state index in [2.05, 4.69) is 39.9 Å². The van der Waals surface area contributed by atoms with Crippen molar-refractivity contribution in [2.75, 3.05) is 5.32 Å². The molecule has 4 nitrogen and oxygen atoms in total. The molecule has 0 spiro atoms. The number of rotatable bonds is 6. The molecule has 0 saturated heterocycles. The third kappa shape index (κ3) is 4.66. The van der Waals surface area contributed by atoms with Crippen LogP contribution in [0.1, 0.15) is 27.2 Å². The minimum absolute atomic E-state index is 0.119. The first-order valence-corrected chi connectivity index (χ1v) is 8.39. The number of amides is 1. The van der Waals surface area contributed by atoms with Crippen LogP contribution in [0.15, 0.2) is 66.9 Å². The van der Waals surface area contributed by atoms with Crippen LogP contribution in [-0.2, 0) is 13.1 Å². The molecule has 0 aliphatic carbocycles. The van der Waals surface area contributed by atoms with Crippen LogP contribution in [0.5, 0.6) is 0 Å². The van der Waals surface area contributed by atoms with Crippen molar-refractivity contribution in [2.24, 2.45) is 0 Å². The number of halogens is 1. The predicted octanol–water partition coefficient (Wildman–Crippen LogP) is 4.07. The van der Waals surface area contributed by atoms with Gasteiger partial charge in [-0.05, 0) is 30.7 Å². The maximum atomic E-state index is 13.6. The molecule has 2 N–H and O–H groups in total. The van der Waals surface area contributed by atoms with Gasteiger partial charge in [0.05, 0.1) is 0 Å². The molecule has 2 aromatic carbocycles. The topological polar surface area (TPSA) is 54.0 Å². The van der Waals surface area contributed by atoms with Crippen molar-refractivity contribution >= 4 is 11.6 Å². The maximum absolute atomic E-state index is 13.6. The Labute approximate surface area is 152 Å². The second kappa shape index (κ2) is 8.25. The Kier molecular flexibility index (Phi) is 5.59. The molecular formula is C21H20FN3O. The Hall–Kier alpha value is -3.21. The zero-order valence-corrected chi connectivity index (χ0v) is 14.5. The minimum atomic E-state index is -0.341.